The summed E-state index contributed by atoms with van der Waals surface area (Å²) in [5, 5.41) is 9.31. The number of nitriles is 1. The molecule has 9 heteroatoms. The lowest BCUT2D eigenvalue weighted by Gasteiger charge is -2.13. The van der Waals surface area contributed by atoms with E-state index in [-0.39, 0.29) is 39.6 Å². The van der Waals surface area contributed by atoms with E-state index in [2.05, 4.69) is 20.9 Å². The van der Waals surface area contributed by atoms with E-state index in [9.17, 15) is 9.59 Å². The minimum atomic E-state index is -0.680. The number of benzene rings is 2. The Morgan fingerprint density at radius 3 is 2.75 bits per heavy atom. The van der Waals surface area contributed by atoms with Crippen molar-refractivity contribution in [1.29, 1.82) is 5.26 Å². The molecular formula is C19H12BrClFN3O3. The van der Waals surface area contributed by atoms with Crippen molar-refractivity contribution in [3.8, 4) is 17.6 Å². The van der Waals surface area contributed by atoms with Crippen LogP contribution in [0, 0.1) is 17.1 Å². The van der Waals surface area contributed by atoms with Crippen molar-refractivity contribution in [1.82, 2.24) is 9.55 Å². The first-order chi connectivity index (χ1) is 13.3. The van der Waals surface area contributed by atoms with Gasteiger partial charge >= 0.3 is 5.69 Å². The van der Waals surface area contributed by atoms with Gasteiger partial charge in [0.1, 0.15) is 5.75 Å². The van der Waals surface area contributed by atoms with Gasteiger partial charge < -0.3 is 9.30 Å². The predicted molar refractivity (Wildman–Crippen MR) is 105 cm³/mol. The number of hydrogen-bond acceptors (Lipinski definition) is 4. The first kappa shape index (κ1) is 19.9. The summed E-state index contributed by atoms with van der Waals surface area (Å²) < 4.78 is 22.2. The first-order valence-electron chi connectivity index (χ1n) is 7.92. The number of aryl methyl sites for hydroxylation is 1. The van der Waals surface area contributed by atoms with E-state index >= 15 is 4.39 Å². The summed E-state index contributed by atoms with van der Waals surface area (Å²) in [5.74, 6) is -0.591. The Bertz CT molecular complexity index is 1230. The standard InChI is InChI=1S/C19H12BrClFN3O3/c1-25-9-12(18(26)24-19(25)27)6-11-2-3-15(20)17(16(11)22)28-14-5-10(8-23)4-13(21)7-14/h2-5,7,9H,6H2,1H3,(H,24,26,27). The van der Waals surface area contributed by atoms with Crippen LogP contribution in [-0.2, 0) is 13.5 Å². The molecule has 0 saturated heterocycles. The lowest BCUT2D eigenvalue weighted by atomic mass is 10.1. The Morgan fingerprint density at radius 1 is 1.29 bits per heavy atom. The molecule has 1 heterocycles. The van der Waals surface area contributed by atoms with Crippen LogP contribution < -0.4 is 16.0 Å². The van der Waals surface area contributed by atoms with Crippen molar-refractivity contribution < 1.29 is 9.13 Å². The van der Waals surface area contributed by atoms with Gasteiger partial charge in [0.2, 0.25) is 0 Å². The van der Waals surface area contributed by atoms with Gasteiger partial charge in [-0.1, -0.05) is 17.7 Å². The van der Waals surface area contributed by atoms with Gasteiger partial charge in [-0.2, -0.15) is 5.26 Å². The molecule has 0 spiro atoms. The van der Waals surface area contributed by atoms with E-state index in [1.165, 1.54) is 42.1 Å². The van der Waals surface area contributed by atoms with Crippen molar-refractivity contribution >= 4 is 27.5 Å². The quantitative estimate of drug-likeness (QED) is 0.635. The monoisotopic (exact) mass is 463 g/mol. The number of hydrogen-bond donors (Lipinski definition) is 1. The van der Waals surface area contributed by atoms with Gasteiger partial charge in [0.05, 0.1) is 16.1 Å². The maximum absolute atomic E-state index is 15.1. The number of halogens is 3. The molecule has 0 aliphatic carbocycles. The highest BCUT2D eigenvalue weighted by molar-refractivity contribution is 9.10. The highest BCUT2D eigenvalue weighted by Gasteiger charge is 2.17. The summed E-state index contributed by atoms with van der Waals surface area (Å²) in [6.45, 7) is 0. The van der Waals surface area contributed by atoms with Crippen LogP contribution in [0.5, 0.6) is 11.5 Å². The molecule has 0 saturated carbocycles. The molecule has 28 heavy (non-hydrogen) atoms. The summed E-state index contributed by atoms with van der Waals surface area (Å²) in [6, 6.07) is 9.39. The summed E-state index contributed by atoms with van der Waals surface area (Å²) in [5.41, 5.74) is -0.440. The summed E-state index contributed by atoms with van der Waals surface area (Å²) in [4.78, 5) is 25.6. The van der Waals surface area contributed by atoms with Crippen LogP contribution in [0.4, 0.5) is 4.39 Å². The summed E-state index contributed by atoms with van der Waals surface area (Å²) >= 11 is 9.19. The average molecular weight is 465 g/mol. The van der Waals surface area contributed by atoms with Crippen molar-refractivity contribution in [3.05, 3.63) is 89.4 Å². The number of nitrogens with zero attached hydrogens (tertiary/aromatic N) is 2. The number of rotatable bonds is 4. The van der Waals surface area contributed by atoms with Gasteiger partial charge in [-0.05, 0) is 45.8 Å². The fraction of sp³-hybridized carbons (Fsp3) is 0.105. The molecule has 3 aromatic rings. The SMILES string of the molecule is Cn1cc(Cc2ccc(Br)c(Oc3cc(Cl)cc(C#N)c3)c2F)c(=O)[nH]c1=O. The van der Waals surface area contributed by atoms with E-state index in [4.69, 9.17) is 21.6 Å². The maximum atomic E-state index is 15.1. The van der Waals surface area contributed by atoms with Gasteiger partial charge in [-0.25, -0.2) is 9.18 Å². The second-order valence-corrected chi connectivity index (χ2v) is 7.23. The Hall–Kier alpha value is -2.89. The minimum Gasteiger partial charge on any atom is -0.453 e. The highest BCUT2D eigenvalue weighted by Crippen LogP contribution is 2.35. The van der Waals surface area contributed by atoms with Crippen LogP contribution in [0.15, 0.2) is 50.6 Å². The van der Waals surface area contributed by atoms with E-state index in [0.29, 0.717) is 4.47 Å². The normalized spacial score (nSPS) is 10.5. The topological polar surface area (TPSA) is 87.9 Å². The van der Waals surface area contributed by atoms with Crippen LogP contribution >= 0.6 is 27.5 Å². The van der Waals surface area contributed by atoms with Gasteiger partial charge in [0, 0.05) is 30.3 Å². The van der Waals surface area contributed by atoms with Crippen LogP contribution in [0.25, 0.3) is 0 Å². The van der Waals surface area contributed by atoms with Crippen molar-refractivity contribution in [2.75, 3.05) is 0 Å². The van der Waals surface area contributed by atoms with Gasteiger partial charge in [-0.15, -0.1) is 0 Å². The van der Waals surface area contributed by atoms with Crippen LogP contribution in [0.2, 0.25) is 5.02 Å². The third-order valence-electron chi connectivity index (χ3n) is 3.91. The molecule has 3 rings (SSSR count). The Balaban J connectivity index is 2.00. The largest absolute Gasteiger partial charge is 0.453 e. The molecule has 0 unspecified atom stereocenters. The number of H-pyrrole nitrogens is 1. The zero-order chi connectivity index (χ0) is 20.4. The molecule has 1 aromatic heterocycles. The second kappa shape index (κ2) is 8.00. The van der Waals surface area contributed by atoms with E-state index in [1.807, 2.05) is 6.07 Å². The number of nitrogens with one attached hydrogen (secondary N) is 1. The lowest BCUT2D eigenvalue weighted by molar-refractivity contribution is 0.436. The molecule has 6 nitrogen and oxygen atoms in total. The van der Waals surface area contributed by atoms with E-state index in [0.717, 1.165) is 0 Å². The lowest BCUT2D eigenvalue weighted by Crippen LogP contribution is -2.30. The third kappa shape index (κ3) is 4.16. The molecule has 142 valence electrons. The van der Waals surface area contributed by atoms with Crippen molar-refractivity contribution in [2.45, 2.75) is 6.42 Å². The molecule has 0 atom stereocenters. The number of aromatic amines is 1. The third-order valence-corrected chi connectivity index (χ3v) is 4.75. The van der Waals surface area contributed by atoms with Gasteiger partial charge in [0.15, 0.2) is 11.6 Å². The minimum absolute atomic E-state index is 0.0437. The predicted octanol–water partition coefficient (Wildman–Crippen LogP) is 3.88. The molecule has 0 aliphatic heterocycles. The molecule has 0 aliphatic rings. The van der Waals surface area contributed by atoms with Gasteiger partial charge in [-0.3, -0.25) is 9.78 Å². The Labute approximate surface area is 171 Å². The molecule has 0 bridgehead atoms. The van der Waals surface area contributed by atoms with Crippen LogP contribution in [-0.4, -0.2) is 9.55 Å². The molecule has 0 fully saturated rings. The van der Waals surface area contributed by atoms with Crippen LogP contribution in [0.3, 0.4) is 0 Å². The fourth-order valence-electron chi connectivity index (χ4n) is 2.56. The fourth-order valence-corrected chi connectivity index (χ4v) is 3.17. The maximum Gasteiger partial charge on any atom is 0.328 e. The molecule has 0 amide bonds. The Kier molecular flexibility index (Phi) is 5.68. The zero-order valence-electron chi connectivity index (χ0n) is 14.4. The molecule has 2 aromatic carbocycles. The summed E-state index contributed by atoms with van der Waals surface area (Å²) in [7, 11) is 1.49. The molecule has 1 N–H and O–H groups in total. The number of aromatic nitrogens is 2. The second-order valence-electron chi connectivity index (χ2n) is 5.94. The smallest absolute Gasteiger partial charge is 0.328 e. The number of ether oxygens (including phenoxy) is 1. The van der Waals surface area contributed by atoms with E-state index < -0.39 is 17.1 Å². The van der Waals surface area contributed by atoms with Crippen molar-refractivity contribution in [3.63, 3.8) is 0 Å². The average Bonchev–Trinajstić information content (AvgIpc) is 2.64. The first-order valence-corrected chi connectivity index (χ1v) is 9.10. The van der Waals surface area contributed by atoms with Gasteiger partial charge in [0.25, 0.3) is 5.56 Å². The zero-order valence-corrected chi connectivity index (χ0v) is 16.8. The highest BCUT2D eigenvalue weighted by atomic mass is 79.9. The van der Waals surface area contributed by atoms with Crippen LogP contribution in [0.1, 0.15) is 16.7 Å². The Morgan fingerprint density at radius 2 is 2.04 bits per heavy atom. The van der Waals surface area contributed by atoms with E-state index in [1.54, 1.807) is 6.07 Å². The molecular weight excluding hydrogens is 453 g/mol. The van der Waals surface area contributed by atoms with Crippen molar-refractivity contribution in [2.24, 2.45) is 7.05 Å². The molecule has 0 radical (unpaired) electrons. The summed E-state index contributed by atoms with van der Waals surface area (Å²) in [6.07, 6.45) is 1.32.